The average molecular weight is 523 g/mol. The Hall–Kier alpha value is -3.80. The molecule has 2 aromatic rings. The van der Waals surface area contributed by atoms with Crippen LogP contribution in [0.5, 0.6) is 0 Å². The highest BCUT2D eigenvalue weighted by molar-refractivity contribution is 6.51. The third-order valence-electron chi connectivity index (χ3n) is 5.70. The van der Waals surface area contributed by atoms with Gasteiger partial charge in [0.15, 0.2) is 0 Å². The second kappa shape index (κ2) is 13.7. The Labute approximate surface area is 222 Å². The van der Waals surface area contributed by atoms with E-state index in [2.05, 4.69) is 25.9 Å². The van der Waals surface area contributed by atoms with Gasteiger partial charge in [0.25, 0.3) is 5.91 Å². The van der Waals surface area contributed by atoms with E-state index >= 15 is 0 Å². The maximum Gasteiger partial charge on any atom is 0.552 e. The molecule has 11 nitrogen and oxygen atoms in total. The Kier molecular flexibility index (Phi) is 10.3. The van der Waals surface area contributed by atoms with Gasteiger partial charge in [-0.05, 0) is 31.7 Å². The highest BCUT2D eigenvalue weighted by Gasteiger charge is 2.47. The van der Waals surface area contributed by atoms with Gasteiger partial charge in [-0.25, -0.2) is 4.98 Å². The zero-order valence-corrected chi connectivity index (χ0v) is 22.0. The first-order valence-electron chi connectivity index (χ1n) is 12.7. The van der Waals surface area contributed by atoms with Crippen molar-refractivity contribution in [3.05, 3.63) is 60.2 Å². The average Bonchev–Trinajstić information content (AvgIpc) is 3.23. The smallest absolute Gasteiger partial charge is 0.506 e. The van der Waals surface area contributed by atoms with Crippen molar-refractivity contribution in [3.63, 3.8) is 0 Å². The number of rotatable bonds is 12. The molecule has 38 heavy (non-hydrogen) atoms. The predicted octanol–water partition coefficient (Wildman–Crippen LogP) is 1.23. The van der Waals surface area contributed by atoms with Crippen molar-refractivity contribution in [2.24, 2.45) is 5.92 Å². The fourth-order valence-corrected chi connectivity index (χ4v) is 4.03. The van der Waals surface area contributed by atoms with Crippen LogP contribution in [0, 0.1) is 5.92 Å². The van der Waals surface area contributed by atoms with E-state index in [-0.39, 0.29) is 36.4 Å². The molecule has 2 heterocycles. The molecule has 0 unspecified atom stereocenters. The van der Waals surface area contributed by atoms with Crippen LogP contribution in [-0.2, 0) is 30.1 Å². The van der Waals surface area contributed by atoms with Crippen LogP contribution in [0.1, 0.15) is 56.6 Å². The van der Waals surface area contributed by atoms with Gasteiger partial charge in [0, 0.05) is 24.9 Å². The minimum absolute atomic E-state index is 0.0765. The second-order valence-electron chi connectivity index (χ2n) is 9.91. The van der Waals surface area contributed by atoms with Gasteiger partial charge in [-0.15, -0.1) is 0 Å². The van der Waals surface area contributed by atoms with Crippen LogP contribution in [0.15, 0.2) is 48.9 Å². The first-order chi connectivity index (χ1) is 18.1. The molecule has 3 atom stereocenters. The van der Waals surface area contributed by atoms with Crippen molar-refractivity contribution >= 4 is 30.8 Å². The summed E-state index contributed by atoms with van der Waals surface area (Å²) in [6.45, 7) is 7.55. The van der Waals surface area contributed by atoms with Gasteiger partial charge >= 0.3 is 13.1 Å². The summed E-state index contributed by atoms with van der Waals surface area (Å²) in [5.74, 6) is -2.59. The monoisotopic (exact) mass is 523 g/mol. The van der Waals surface area contributed by atoms with Gasteiger partial charge in [-0.3, -0.25) is 24.2 Å². The minimum atomic E-state index is -1.07. The number of carbonyl (C=O) groups excluding carboxylic acids is 4. The molecule has 1 aliphatic heterocycles. The summed E-state index contributed by atoms with van der Waals surface area (Å²) < 4.78 is 11.2. The van der Waals surface area contributed by atoms with Crippen LogP contribution in [-0.4, -0.2) is 64.9 Å². The molecule has 0 bridgehead atoms. The van der Waals surface area contributed by atoms with Crippen molar-refractivity contribution < 1.29 is 28.5 Å². The number of nitrogens with zero attached hydrogens (tertiary/aromatic N) is 2. The Balaban J connectivity index is 1.74. The van der Waals surface area contributed by atoms with Crippen LogP contribution >= 0.6 is 0 Å². The van der Waals surface area contributed by atoms with Crippen molar-refractivity contribution in [2.75, 3.05) is 0 Å². The van der Waals surface area contributed by atoms with E-state index in [1.807, 2.05) is 58.0 Å². The van der Waals surface area contributed by atoms with E-state index in [0.717, 1.165) is 5.56 Å². The third kappa shape index (κ3) is 8.65. The lowest BCUT2D eigenvalue weighted by Crippen LogP contribution is -2.55. The van der Waals surface area contributed by atoms with E-state index in [4.69, 9.17) is 9.31 Å². The van der Waals surface area contributed by atoms with Gasteiger partial charge in [-0.2, -0.15) is 0 Å². The summed E-state index contributed by atoms with van der Waals surface area (Å²) in [5, 5.41) is 8.36. The Bertz CT molecular complexity index is 1100. The molecule has 1 aromatic carbocycles. The molecule has 1 saturated heterocycles. The van der Waals surface area contributed by atoms with Gasteiger partial charge in [0.1, 0.15) is 17.8 Å². The summed E-state index contributed by atoms with van der Waals surface area (Å²) in [6, 6.07) is 8.23. The maximum absolute atomic E-state index is 13.5. The maximum atomic E-state index is 13.5. The molecule has 0 radical (unpaired) electrons. The lowest BCUT2D eigenvalue weighted by Gasteiger charge is -2.25. The summed E-state index contributed by atoms with van der Waals surface area (Å²) in [6.07, 6.45) is 3.56. The lowest BCUT2D eigenvalue weighted by atomic mass is 9.74. The SMILES string of the molecule is CC(C)C[C@H](NC(=O)[C@H](Cc1ccccc1)NC(=O)c1cnccn1)B1OC(=O)[C@@H](CC(=O)NC(C)C)O1. The lowest BCUT2D eigenvalue weighted by molar-refractivity contribution is -0.139. The van der Waals surface area contributed by atoms with Crippen molar-refractivity contribution in [2.45, 2.75) is 71.1 Å². The Morgan fingerprint density at radius 1 is 1.03 bits per heavy atom. The second-order valence-corrected chi connectivity index (χ2v) is 9.91. The fraction of sp³-hybridized carbons (Fsp3) is 0.462. The normalized spacial score (nSPS) is 16.6. The van der Waals surface area contributed by atoms with Crippen LogP contribution < -0.4 is 16.0 Å². The molecular formula is C26H34BN5O6. The first-order valence-corrected chi connectivity index (χ1v) is 12.7. The van der Waals surface area contributed by atoms with Crippen molar-refractivity contribution in [1.82, 2.24) is 25.9 Å². The standard InChI is InChI=1S/C26H34BN5O6/c1-16(2)12-22(27-37-21(26(36)38-27)14-23(33)30-17(3)4)32-24(34)19(13-18-8-6-5-7-9-18)31-25(35)20-15-28-10-11-29-20/h5-11,15-17,19,21-22H,12-14H2,1-4H3,(H,30,33)(H,31,35)(H,32,34)/t19-,21+,22-/m0/s1. The minimum Gasteiger partial charge on any atom is -0.506 e. The molecule has 0 spiro atoms. The number of hydrogen-bond donors (Lipinski definition) is 3. The summed E-state index contributed by atoms with van der Waals surface area (Å²) in [4.78, 5) is 58.8. The van der Waals surface area contributed by atoms with Gasteiger partial charge < -0.3 is 25.3 Å². The molecular weight excluding hydrogens is 489 g/mol. The summed E-state index contributed by atoms with van der Waals surface area (Å²) in [5.41, 5.74) is 0.917. The number of benzene rings is 1. The van der Waals surface area contributed by atoms with Crippen LogP contribution in [0.4, 0.5) is 0 Å². The van der Waals surface area contributed by atoms with E-state index in [0.29, 0.717) is 6.42 Å². The number of hydrogen-bond acceptors (Lipinski definition) is 8. The first kappa shape index (κ1) is 28.8. The van der Waals surface area contributed by atoms with Crippen LogP contribution in [0.2, 0.25) is 0 Å². The highest BCUT2D eigenvalue weighted by Crippen LogP contribution is 2.20. The molecule has 12 heteroatoms. The molecule has 3 N–H and O–H groups in total. The molecule has 202 valence electrons. The quantitative estimate of drug-likeness (QED) is 0.352. The number of aromatic nitrogens is 2. The Morgan fingerprint density at radius 2 is 1.76 bits per heavy atom. The fourth-order valence-electron chi connectivity index (χ4n) is 4.03. The van der Waals surface area contributed by atoms with E-state index in [1.54, 1.807) is 0 Å². The van der Waals surface area contributed by atoms with Gasteiger partial charge in [0.2, 0.25) is 11.8 Å². The van der Waals surface area contributed by atoms with Crippen molar-refractivity contribution in [3.8, 4) is 0 Å². The molecule has 3 amide bonds. The van der Waals surface area contributed by atoms with E-state index in [1.165, 1.54) is 18.6 Å². The van der Waals surface area contributed by atoms with E-state index < -0.39 is 43.0 Å². The predicted molar refractivity (Wildman–Crippen MR) is 139 cm³/mol. The zero-order chi connectivity index (χ0) is 27.7. The number of amides is 3. The van der Waals surface area contributed by atoms with E-state index in [9.17, 15) is 19.2 Å². The molecule has 1 aromatic heterocycles. The Morgan fingerprint density at radius 3 is 2.39 bits per heavy atom. The topological polar surface area (TPSA) is 149 Å². The molecule has 1 aliphatic rings. The number of carbonyl (C=O) groups is 4. The summed E-state index contributed by atoms with van der Waals surface area (Å²) >= 11 is 0. The number of nitrogens with one attached hydrogen (secondary N) is 3. The molecule has 0 aliphatic carbocycles. The summed E-state index contributed by atoms with van der Waals surface area (Å²) in [7, 11) is -1.07. The van der Waals surface area contributed by atoms with Crippen LogP contribution in [0.3, 0.4) is 0 Å². The zero-order valence-electron chi connectivity index (χ0n) is 22.0. The van der Waals surface area contributed by atoms with Crippen molar-refractivity contribution in [1.29, 1.82) is 0 Å². The molecule has 0 saturated carbocycles. The molecule has 1 fully saturated rings. The third-order valence-corrected chi connectivity index (χ3v) is 5.70. The van der Waals surface area contributed by atoms with Gasteiger partial charge in [0.05, 0.1) is 18.6 Å². The molecule has 3 rings (SSSR count). The van der Waals surface area contributed by atoms with Crippen LogP contribution in [0.25, 0.3) is 0 Å². The highest BCUT2D eigenvalue weighted by atomic mass is 16.7. The van der Waals surface area contributed by atoms with Gasteiger partial charge in [-0.1, -0.05) is 44.2 Å². The largest absolute Gasteiger partial charge is 0.552 e.